The molecule has 0 saturated carbocycles. The van der Waals surface area contributed by atoms with Gasteiger partial charge in [-0.3, -0.25) is 4.79 Å². The molecule has 0 aliphatic heterocycles. The number of carbonyl (C=O) groups is 1. The Morgan fingerprint density at radius 3 is 2.35 bits per heavy atom. The Bertz CT molecular complexity index is 572. The Hall–Kier alpha value is -2.17. The second-order valence-corrected chi connectivity index (χ2v) is 5.39. The van der Waals surface area contributed by atoms with Gasteiger partial charge in [0.15, 0.2) is 0 Å². The summed E-state index contributed by atoms with van der Waals surface area (Å²) in [6, 6.07) is 19.8. The highest BCUT2D eigenvalue weighted by Crippen LogP contribution is 2.14. The summed E-state index contributed by atoms with van der Waals surface area (Å²) in [5.41, 5.74) is 2.18. The monoisotopic (exact) mass is 312 g/mol. The van der Waals surface area contributed by atoms with Gasteiger partial charge >= 0.3 is 0 Å². The lowest BCUT2D eigenvalue weighted by Gasteiger charge is -2.19. The molecule has 0 aliphatic carbocycles. The fourth-order valence-electron chi connectivity index (χ4n) is 2.28. The van der Waals surface area contributed by atoms with E-state index < -0.39 is 0 Å². The number of hydrogen-bond acceptors (Lipinski definition) is 3. The van der Waals surface area contributed by atoms with Crippen molar-refractivity contribution in [2.45, 2.75) is 19.1 Å². The second kappa shape index (κ2) is 9.77. The lowest BCUT2D eigenvalue weighted by Crippen LogP contribution is -2.33. The Labute approximate surface area is 137 Å². The van der Waals surface area contributed by atoms with Crippen molar-refractivity contribution in [3.63, 3.8) is 0 Å². The molecule has 2 aromatic rings. The molecule has 0 saturated heterocycles. The van der Waals surface area contributed by atoms with Gasteiger partial charge in [-0.1, -0.05) is 60.7 Å². The maximum absolute atomic E-state index is 12.0. The smallest absolute Gasteiger partial charge is 0.221 e. The highest BCUT2D eigenvalue weighted by molar-refractivity contribution is 5.76. The van der Waals surface area contributed by atoms with E-state index in [0.717, 1.165) is 11.1 Å². The standard InChI is InChI=1S/C19H24N2O2/c1-20-13-12-19(22)21-18(17-10-6-3-7-11-17)15-23-14-16-8-4-2-5-9-16/h2-11,18,20H,12-15H2,1H3,(H,21,22). The second-order valence-electron chi connectivity index (χ2n) is 5.39. The molecule has 0 fully saturated rings. The molecule has 0 aliphatic rings. The summed E-state index contributed by atoms with van der Waals surface area (Å²) in [7, 11) is 1.84. The van der Waals surface area contributed by atoms with Crippen molar-refractivity contribution in [1.82, 2.24) is 10.6 Å². The Balaban J connectivity index is 1.92. The maximum atomic E-state index is 12.0. The molecule has 2 aromatic carbocycles. The van der Waals surface area contributed by atoms with Gasteiger partial charge in [0, 0.05) is 13.0 Å². The van der Waals surface area contributed by atoms with Gasteiger partial charge in [0.05, 0.1) is 19.3 Å². The minimum atomic E-state index is -0.135. The quantitative estimate of drug-likeness (QED) is 0.748. The van der Waals surface area contributed by atoms with E-state index >= 15 is 0 Å². The molecule has 4 heteroatoms. The van der Waals surface area contributed by atoms with Crippen LogP contribution in [0.4, 0.5) is 0 Å². The predicted octanol–water partition coefficient (Wildman–Crippen LogP) is 2.67. The highest BCUT2D eigenvalue weighted by atomic mass is 16.5. The van der Waals surface area contributed by atoms with E-state index in [1.807, 2.05) is 67.7 Å². The molecule has 0 heterocycles. The molecule has 2 N–H and O–H groups in total. The van der Waals surface area contributed by atoms with Crippen molar-refractivity contribution in [3.05, 3.63) is 71.8 Å². The van der Waals surface area contributed by atoms with E-state index in [1.54, 1.807) is 0 Å². The van der Waals surface area contributed by atoms with Crippen LogP contribution in [0.2, 0.25) is 0 Å². The molecule has 4 nitrogen and oxygen atoms in total. The van der Waals surface area contributed by atoms with Crippen molar-refractivity contribution in [3.8, 4) is 0 Å². The first kappa shape index (κ1) is 17.2. The van der Waals surface area contributed by atoms with Crippen LogP contribution >= 0.6 is 0 Å². The molecule has 0 radical (unpaired) electrons. The molecule has 0 bridgehead atoms. The zero-order valence-electron chi connectivity index (χ0n) is 13.5. The van der Waals surface area contributed by atoms with Gasteiger partial charge in [-0.25, -0.2) is 0 Å². The summed E-state index contributed by atoms with van der Waals surface area (Å²) in [6.07, 6.45) is 0.457. The largest absolute Gasteiger partial charge is 0.374 e. The summed E-state index contributed by atoms with van der Waals surface area (Å²) in [4.78, 5) is 12.0. The van der Waals surface area contributed by atoms with Crippen LogP contribution < -0.4 is 10.6 Å². The summed E-state index contributed by atoms with van der Waals surface area (Å²) < 4.78 is 5.81. The van der Waals surface area contributed by atoms with Crippen molar-refractivity contribution in [2.24, 2.45) is 0 Å². The third-order valence-corrected chi connectivity index (χ3v) is 3.54. The van der Waals surface area contributed by atoms with Crippen LogP contribution in [0, 0.1) is 0 Å². The first-order chi connectivity index (χ1) is 11.3. The topological polar surface area (TPSA) is 50.4 Å². The number of nitrogens with one attached hydrogen (secondary N) is 2. The lowest BCUT2D eigenvalue weighted by atomic mass is 10.1. The lowest BCUT2D eigenvalue weighted by molar-refractivity contribution is -0.122. The number of hydrogen-bond donors (Lipinski definition) is 2. The van der Waals surface area contributed by atoms with Crippen LogP contribution in [0.5, 0.6) is 0 Å². The number of amides is 1. The van der Waals surface area contributed by atoms with Crippen LogP contribution in [0.15, 0.2) is 60.7 Å². The van der Waals surface area contributed by atoms with Crippen LogP contribution in [-0.4, -0.2) is 26.1 Å². The Kier molecular flexibility index (Phi) is 7.30. The van der Waals surface area contributed by atoms with Crippen molar-refractivity contribution < 1.29 is 9.53 Å². The molecule has 0 spiro atoms. The van der Waals surface area contributed by atoms with Gasteiger partial charge in [-0.05, 0) is 18.2 Å². The zero-order chi connectivity index (χ0) is 16.3. The summed E-state index contributed by atoms with van der Waals surface area (Å²) >= 11 is 0. The molecular weight excluding hydrogens is 288 g/mol. The van der Waals surface area contributed by atoms with Crippen molar-refractivity contribution >= 4 is 5.91 Å². The highest BCUT2D eigenvalue weighted by Gasteiger charge is 2.14. The number of benzene rings is 2. The van der Waals surface area contributed by atoms with Gasteiger partial charge in [-0.2, -0.15) is 0 Å². The van der Waals surface area contributed by atoms with E-state index in [0.29, 0.717) is 26.2 Å². The van der Waals surface area contributed by atoms with Gasteiger partial charge in [0.2, 0.25) is 5.91 Å². The summed E-state index contributed by atoms with van der Waals surface area (Å²) in [6.45, 7) is 1.65. The van der Waals surface area contributed by atoms with E-state index in [9.17, 15) is 4.79 Å². The molecular formula is C19H24N2O2. The molecule has 2 rings (SSSR count). The van der Waals surface area contributed by atoms with Crippen LogP contribution in [0.25, 0.3) is 0 Å². The average molecular weight is 312 g/mol. The number of rotatable bonds is 9. The van der Waals surface area contributed by atoms with Gasteiger partial charge in [0.1, 0.15) is 0 Å². The molecule has 122 valence electrons. The van der Waals surface area contributed by atoms with Crippen LogP contribution in [0.3, 0.4) is 0 Å². The van der Waals surface area contributed by atoms with E-state index in [1.165, 1.54) is 0 Å². The third-order valence-electron chi connectivity index (χ3n) is 3.54. The molecule has 0 aromatic heterocycles. The SMILES string of the molecule is CNCCC(=O)NC(COCc1ccccc1)c1ccccc1. The number of carbonyl (C=O) groups excluding carboxylic acids is 1. The number of ether oxygens (including phenoxy) is 1. The van der Waals surface area contributed by atoms with Crippen LogP contribution in [0.1, 0.15) is 23.6 Å². The normalized spacial score (nSPS) is 11.9. The summed E-state index contributed by atoms with van der Waals surface area (Å²) in [5, 5.41) is 6.03. The molecule has 1 unspecified atom stereocenters. The fraction of sp³-hybridized carbons (Fsp3) is 0.316. The fourth-order valence-corrected chi connectivity index (χ4v) is 2.28. The Morgan fingerprint density at radius 1 is 1.04 bits per heavy atom. The van der Waals surface area contributed by atoms with Crippen molar-refractivity contribution in [2.75, 3.05) is 20.2 Å². The Morgan fingerprint density at radius 2 is 1.70 bits per heavy atom. The molecule has 1 atom stereocenters. The molecule has 23 heavy (non-hydrogen) atoms. The zero-order valence-corrected chi connectivity index (χ0v) is 13.5. The predicted molar refractivity (Wildman–Crippen MR) is 92.0 cm³/mol. The van der Waals surface area contributed by atoms with E-state index in [2.05, 4.69) is 10.6 Å². The van der Waals surface area contributed by atoms with E-state index in [-0.39, 0.29) is 11.9 Å². The van der Waals surface area contributed by atoms with Crippen molar-refractivity contribution in [1.29, 1.82) is 0 Å². The van der Waals surface area contributed by atoms with Gasteiger partial charge < -0.3 is 15.4 Å². The van der Waals surface area contributed by atoms with Gasteiger partial charge in [0.25, 0.3) is 0 Å². The van der Waals surface area contributed by atoms with E-state index in [4.69, 9.17) is 4.74 Å². The van der Waals surface area contributed by atoms with Crippen LogP contribution in [-0.2, 0) is 16.1 Å². The van der Waals surface area contributed by atoms with Gasteiger partial charge in [-0.15, -0.1) is 0 Å². The first-order valence-electron chi connectivity index (χ1n) is 7.90. The average Bonchev–Trinajstić information content (AvgIpc) is 2.61. The molecule has 1 amide bonds. The minimum absolute atomic E-state index is 0.0246. The minimum Gasteiger partial charge on any atom is -0.374 e. The maximum Gasteiger partial charge on any atom is 0.221 e. The summed E-state index contributed by atoms with van der Waals surface area (Å²) in [5.74, 6) is 0.0246. The first-order valence-corrected chi connectivity index (χ1v) is 7.90. The third kappa shape index (κ3) is 6.22.